The first-order chi connectivity index (χ1) is 8.55. The van der Waals surface area contributed by atoms with Crippen LogP contribution >= 0.6 is 0 Å². The lowest BCUT2D eigenvalue weighted by Gasteiger charge is -2.24. The van der Waals surface area contributed by atoms with E-state index in [2.05, 4.69) is 10.4 Å². The molecule has 1 atom stereocenters. The molecule has 1 aromatic heterocycles. The Morgan fingerprint density at radius 3 is 2.78 bits per heavy atom. The Hall–Kier alpha value is -0.920. The van der Waals surface area contributed by atoms with Gasteiger partial charge >= 0.3 is 0 Å². The molecule has 2 heterocycles. The van der Waals surface area contributed by atoms with E-state index < -0.39 is 15.9 Å². The molecule has 0 saturated carbocycles. The SMILES string of the molecule is O=S1(=O)CCC(NCC(O)Cn2cccn2)CC1. The molecule has 1 aromatic rings. The minimum absolute atomic E-state index is 0.195. The quantitative estimate of drug-likeness (QED) is 0.749. The fraction of sp³-hybridized carbons (Fsp3) is 0.727. The summed E-state index contributed by atoms with van der Waals surface area (Å²) in [6.07, 6.45) is 4.24. The third kappa shape index (κ3) is 4.08. The summed E-state index contributed by atoms with van der Waals surface area (Å²) >= 11 is 0. The van der Waals surface area contributed by atoms with Gasteiger partial charge in [-0.05, 0) is 18.9 Å². The summed E-state index contributed by atoms with van der Waals surface area (Å²) < 4.78 is 24.2. The summed E-state index contributed by atoms with van der Waals surface area (Å²) in [5.74, 6) is 0.500. The number of rotatable bonds is 5. The molecular weight excluding hydrogens is 254 g/mol. The van der Waals surface area contributed by atoms with Crippen molar-refractivity contribution in [3.05, 3.63) is 18.5 Å². The lowest BCUT2D eigenvalue weighted by Crippen LogP contribution is -2.41. The van der Waals surface area contributed by atoms with Crippen LogP contribution < -0.4 is 5.32 Å². The molecule has 0 bridgehead atoms. The number of sulfone groups is 1. The number of aliphatic hydroxyl groups is 1. The molecule has 1 aliphatic heterocycles. The predicted octanol–water partition coefficient (Wildman–Crippen LogP) is -0.589. The van der Waals surface area contributed by atoms with Crippen molar-refractivity contribution in [1.82, 2.24) is 15.1 Å². The minimum atomic E-state index is -2.81. The standard InChI is InChI=1S/C11H19N3O3S/c15-11(9-14-5-1-4-13-14)8-12-10-2-6-18(16,17)7-3-10/h1,4-5,10-12,15H,2-3,6-9H2. The van der Waals surface area contributed by atoms with Crippen molar-refractivity contribution in [2.75, 3.05) is 18.1 Å². The molecule has 7 heteroatoms. The van der Waals surface area contributed by atoms with E-state index in [0.29, 0.717) is 25.9 Å². The Bertz CT molecular complexity index is 444. The molecule has 1 saturated heterocycles. The Balaban J connectivity index is 1.69. The Morgan fingerprint density at radius 2 is 2.17 bits per heavy atom. The second-order valence-corrected chi connectivity index (χ2v) is 7.02. The van der Waals surface area contributed by atoms with Gasteiger partial charge in [0.05, 0.1) is 24.2 Å². The molecule has 0 aliphatic carbocycles. The molecule has 0 aromatic carbocycles. The van der Waals surface area contributed by atoms with E-state index in [0.717, 1.165) is 0 Å². The smallest absolute Gasteiger partial charge is 0.150 e. The topological polar surface area (TPSA) is 84.2 Å². The van der Waals surface area contributed by atoms with Crippen LogP contribution in [0.5, 0.6) is 0 Å². The first-order valence-electron chi connectivity index (χ1n) is 6.14. The van der Waals surface area contributed by atoms with Gasteiger partial charge < -0.3 is 10.4 Å². The lowest BCUT2D eigenvalue weighted by atomic mass is 10.1. The van der Waals surface area contributed by atoms with Gasteiger partial charge in [-0.2, -0.15) is 5.10 Å². The molecule has 1 aliphatic rings. The third-order valence-corrected chi connectivity index (χ3v) is 4.87. The van der Waals surface area contributed by atoms with E-state index in [1.54, 1.807) is 17.1 Å². The van der Waals surface area contributed by atoms with Crippen molar-refractivity contribution in [3.63, 3.8) is 0 Å². The summed E-state index contributed by atoms with van der Waals surface area (Å²) in [6, 6.07) is 2.01. The van der Waals surface area contributed by atoms with E-state index in [9.17, 15) is 13.5 Å². The van der Waals surface area contributed by atoms with E-state index in [-0.39, 0.29) is 17.5 Å². The van der Waals surface area contributed by atoms with Crippen LogP contribution in [0.1, 0.15) is 12.8 Å². The third-order valence-electron chi connectivity index (χ3n) is 3.15. The molecule has 102 valence electrons. The lowest BCUT2D eigenvalue weighted by molar-refractivity contribution is 0.142. The van der Waals surface area contributed by atoms with Crippen LogP contribution in [0.3, 0.4) is 0 Å². The van der Waals surface area contributed by atoms with Gasteiger partial charge in [0.1, 0.15) is 9.84 Å². The second-order valence-electron chi connectivity index (χ2n) is 4.72. The van der Waals surface area contributed by atoms with Crippen molar-refractivity contribution in [2.45, 2.75) is 31.5 Å². The van der Waals surface area contributed by atoms with Crippen molar-refractivity contribution >= 4 is 9.84 Å². The maximum absolute atomic E-state index is 11.3. The highest BCUT2D eigenvalue weighted by molar-refractivity contribution is 7.91. The highest BCUT2D eigenvalue weighted by atomic mass is 32.2. The fourth-order valence-electron chi connectivity index (χ4n) is 2.09. The molecule has 6 nitrogen and oxygen atoms in total. The maximum Gasteiger partial charge on any atom is 0.150 e. The van der Waals surface area contributed by atoms with Crippen molar-refractivity contribution in [2.24, 2.45) is 0 Å². The zero-order valence-electron chi connectivity index (χ0n) is 10.2. The number of aromatic nitrogens is 2. The van der Waals surface area contributed by atoms with Gasteiger partial charge in [0.2, 0.25) is 0 Å². The van der Waals surface area contributed by atoms with Gasteiger partial charge in [-0.15, -0.1) is 0 Å². The molecule has 18 heavy (non-hydrogen) atoms. The summed E-state index contributed by atoms with van der Waals surface area (Å²) in [5, 5.41) is 17.0. The highest BCUT2D eigenvalue weighted by Crippen LogP contribution is 2.11. The van der Waals surface area contributed by atoms with Gasteiger partial charge in [-0.25, -0.2) is 8.42 Å². The minimum Gasteiger partial charge on any atom is -0.390 e. The van der Waals surface area contributed by atoms with Crippen LogP contribution in [0.4, 0.5) is 0 Å². The number of aliphatic hydroxyl groups excluding tert-OH is 1. The first-order valence-corrected chi connectivity index (χ1v) is 7.96. The van der Waals surface area contributed by atoms with E-state index >= 15 is 0 Å². The summed E-state index contributed by atoms with van der Waals surface area (Å²) in [7, 11) is -2.81. The van der Waals surface area contributed by atoms with E-state index in [1.165, 1.54) is 0 Å². The van der Waals surface area contributed by atoms with Crippen LogP contribution in [0, 0.1) is 0 Å². The Labute approximate surface area is 107 Å². The van der Waals surface area contributed by atoms with Crippen molar-refractivity contribution in [1.29, 1.82) is 0 Å². The number of hydrogen-bond acceptors (Lipinski definition) is 5. The van der Waals surface area contributed by atoms with Crippen LogP contribution in [0.15, 0.2) is 18.5 Å². The molecule has 1 unspecified atom stereocenters. The molecule has 2 rings (SSSR count). The van der Waals surface area contributed by atoms with Crippen molar-refractivity contribution in [3.8, 4) is 0 Å². The van der Waals surface area contributed by atoms with Crippen LogP contribution in [0.25, 0.3) is 0 Å². The van der Waals surface area contributed by atoms with Crippen molar-refractivity contribution < 1.29 is 13.5 Å². The predicted molar refractivity (Wildman–Crippen MR) is 67.9 cm³/mol. The molecule has 0 radical (unpaired) electrons. The number of hydrogen-bond donors (Lipinski definition) is 2. The number of nitrogens with one attached hydrogen (secondary N) is 1. The summed E-state index contributed by atoms with van der Waals surface area (Å²) in [6.45, 7) is 0.912. The zero-order chi connectivity index (χ0) is 13.0. The maximum atomic E-state index is 11.3. The average Bonchev–Trinajstić information content (AvgIpc) is 2.80. The number of nitrogens with zero attached hydrogens (tertiary/aromatic N) is 2. The van der Waals surface area contributed by atoms with Crippen LogP contribution in [0.2, 0.25) is 0 Å². The van der Waals surface area contributed by atoms with Gasteiger partial charge in [-0.3, -0.25) is 4.68 Å². The summed E-state index contributed by atoms with van der Waals surface area (Å²) in [5.41, 5.74) is 0. The Morgan fingerprint density at radius 1 is 1.44 bits per heavy atom. The fourth-order valence-corrected chi connectivity index (χ4v) is 3.58. The van der Waals surface area contributed by atoms with Gasteiger partial charge in [0.25, 0.3) is 0 Å². The highest BCUT2D eigenvalue weighted by Gasteiger charge is 2.23. The molecule has 2 N–H and O–H groups in total. The van der Waals surface area contributed by atoms with Gasteiger partial charge in [-0.1, -0.05) is 0 Å². The Kier molecular flexibility index (Phi) is 4.36. The molecular formula is C11H19N3O3S. The molecule has 0 spiro atoms. The largest absolute Gasteiger partial charge is 0.390 e. The zero-order valence-corrected chi connectivity index (χ0v) is 11.0. The van der Waals surface area contributed by atoms with Crippen LogP contribution in [-0.2, 0) is 16.4 Å². The van der Waals surface area contributed by atoms with Gasteiger partial charge in [0.15, 0.2) is 0 Å². The average molecular weight is 273 g/mol. The monoisotopic (exact) mass is 273 g/mol. The second kappa shape index (κ2) is 5.81. The summed E-state index contributed by atoms with van der Waals surface area (Å²) in [4.78, 5) is 0. The normalized spacial score (nSPS) is 21.8. The van der Waals surface area contributed by atoms with Crippen LogP contribution in [-0.4, -0.2) is 53.5 Å². The molecule has 1 fully saturated rings. The van der Waals surface area contributed by atoms with Gasteiger partial charge in [0, 0.05) is 25.0 Å². The first kappa shape index (κ1) is 13.5. The van der Waals surface area contributed by atoms with E-state index in [4.69, 9.17) is 0 Å². The molecule has 0 amide bonds. The van der Waals surface area contributed by atoms with E-state index in [1.807, 2.05) is 6.07 Å².